The van der Waals surface area contributed by atoms with Gasteiger partial charge in [-0.2, -0.15) is 0 Å². The van der Waals surface area contributed by atoms with Crippen LogP contribution in [0.4, 0.5) is 0 Å². The normalized spacial score (nSPS) is 10.0. The van der Waals surface area contributed by atoms with E-state index in [4.69, 9.17) is 20.8 Å². The summed E-state index contributed by atoms with van der Waals surface area (Å²) < 4.78 is 9.88. The number of hydrogen-bond donors (Lipinski definition) is 2. The van der Waals surface area contributed by atoms with Gasteiger partial charge >= 0.3 is 5.97 Å². The summed E-state index contributed by atoms with van der Waals surface area (Å²) in [5.41, 5.74) is 0.671. The lowest BCUT2D eigenvalue weighted by molar-refractivity contribution is -0.145. The minimum atomic E-state index is -0.611. The molecule has 0 saturated carbocycles. The third-order valence-electron chi connectivity index (χ3n) is 2.93. The van der Waals surface area contributed by atoms with Crippen molar-refractivity contribution >= 4 is 29.4 Å². The first-order chi connectivity index (χ1) is 11.6. The lowest BCUT2D eigenvalue weighted by Gasteiger charge is -2.08. The number of esters is 1. The Hall–Kier alpha value is -2.80. The van der Waals surface area contributed by atoms with Gasteiger partial charge in [-0.15, -0.1) is 0 Å². The number of carbonyl (C=O) groups excluding carboxylic acids is 3. The first kappa shape index (κ1) is 17.6. The van der Waals surface area contributed by atoms with E-state index >= 15 is 0 Å². The van der Waals surface area contributed by atoms with Gasteiger partial charge in [0.25, 0.3) is 5.91 Å². The summed E-state index contributed by atoms with van der Waals surface area (Å²) in [4.78, 5) is 34.7. The summed E-state index contributed by atoms with van der Waals surface area (Å²) in [7, 11) is 0. The topological polar surface area (TPSA) is 97.6 Å². The molecular formula is C16H15ClN2O5. The molecule has 1 heterocycles. The van der Waals surface area contributed by atoms with E-state index in [1.807, 2.05) is 0 Å². The molecule has 0 aliphatic heterocycles. The van der Waals surface area contributed by atoms with Crippen LogP contribution in [-0.2, 0) is 20.9 Å². The van der Waals surface area contributed by atoms with E-state index < -0.39 is 17.8 Å². The lowest BCUT2D eigenvalue weighted by Crippen LogP contribution is -2.39. The van der Waals surface area contributed by atoms with Crippen molar-refractivity contribution < 1.29 is 23.5 Å². The number of halogens is 1. The minimum Gasteiger partial charge on any atom is -0.459 e. The van der Waals surface area contributed by atoms with Gasteiger partial charge in [-0.1, -0.05) is 29.8 Å². The highest BCUT2D eigenvalue weighted by Crippen LogP contribution is 2.15. The highest BCUT2D eigenvalue weighted by atomic mass is 35.5. The third kappa shape index (κ3) is 5.44. The van der Waals surface area contributed by atoms with E-state index in [9.17, 15) is 14.4 Å². The van der Waals surface area contributed by atoms with Gasteiger partial charge in [-0.3, -0.25) is 14.4 Å². The van der Waals surface area contributed by atoms with Crippen molar-refractivity contribution in [2.45, 2.75) is 6.61 Å². The van der Waals surface area contributed by atoms with Gasteiger partial charge in [0.05, 0.1) is 12.8 Å². The van der Waals surface area contributed by atoms with Crippen molar-refractivity contribution in [2.24, 2.45) is 0 Å². The van der Waals surface area contributed by atoms with Crippen molar-refractivity contribution in [3.63, 3.8) is 0 Å². The number of rotatable bonds is 7. The van der Waals surface area contributed by atoms with E-state index in [1.54, 1.807) is 30.3 Å². The maximum atomic E-state index is 11.6. The molecule has 1 aromatic heterocycles. The Morgan fingerprint density at radius 1 is 1.04 bits per heavy atom. The van der Waals surface area contributed by atoms with Gasteiger partial charge in [-0.25, -0.2) is 0 Å². The summed E-state index contributed by atoms with van der Waals surface area (Å²) in [5, 5.41) is 5.20. The zero-order chi connectivity index (χ0) is 17.4. The van der Waals surface area contributed by atoms with E-state index in [-0.39, 0.29) is 25.5 Å². The van der Waals surface area contributed by atoms with Crippen LogP contribution in [0, 0.1) is 0 Å². The number of benzene rings is 1. The highest BCUT2D eigenvalue weighted by Gasteiger charge is 2.11. The van der Waals surface area contributed by atoms with Gasteiger partial charge in [-0.05, 0) is 18.2 Å². The molecule has 2 aromatic rings. The second kappa shape index (κ2) is 8.73. The molecule has 2 N–H and O–H groups in total. The molecule has 8 heteroatoms. The van der Waals surface area contributed by atoms with Gasteiger partial charge in [0, 0.05) is 10.6 Å². The van der Waals surface area contributed by atoms with Crippen molar-refractivity contribution in [1.29, 1.82) is 0 Å². The van der Waals surface area contributed by atoms with Gasteiger partial charge in [0.2, 0.25) is 5.91 Å². The number of ether oxygens (including phenoxy) is 1. The summed E-state index contributed by atoms with van der Waals surface area (Å²) in [6, 6.07) is 10.00. The van der Waals surface area contributed by atoms with Crippen molar-refractivity contribution in [3.05, 3.63) is 59.0 Å². The molecule has 7 nitrogen and oxygen atoms in total. The Kier molecular flexibility index (Phi) is 6.39. The predicted molar refractivity (Wildman–Crippen MR) is 85.3 cm³/mol. The van der Waals surface area contributed by atoms with Crippen molar-refractivity contribution in [2.75, 3.05) is 13.1 Å². The van der Waals surface area contributed by atoms with Crippen LogP contribution in [0.1, 0.15) is 16.1 Å². The zero-order valence-corrected chi connectivity index (χ0v) is 13.3. The molecule has 1 aromatic carbocycles. The molecule has 2 rings (SSSR count). The fourth-order valence-corrected chi connectivity index (χ4v) is 1.90. The monoisotopic (exact) mass is 350 g/mol. The van der Waals surface area contributed by atoms with Crippen molar-refractivity contribution in [1.82, 2.24) is 10.6 Å². The molecule has 0 atom stereocenters. The van der Waals surface area contributed by atoms with Crippen LogP contribution < -0.4 is 10.6 Å². The summed E-state index contributed by atoms with van der Waals surface area (Å²) in [6.07, 6.45) is 1.35. The number of carbonyl (C=O) groups is 3. The van der Waals surface area contributed by atoms with E-state index in [0.29, 0.717) is 10.6 Å². The molecular weight excluding hydrogens is 336 g/mol. The Bertz CT molecular complexity index is 715. The number of hydrogen-bond acceptors (Lipinski definition) is 5. The van der Waals surface area contributed by atoms with Gasteiger partial charge < -0.3 is 19.8 Å². The summed E-state index contributed by atoms with van der Waals surface area (Å²) in [6.45, 7) is -0.569. The summed E-state index contributed by atoms with van der Waals surface area (Å²) in [5.74, 6) is -1.55. The minimum absolute atomic E-state index is 0.0175. The summed E-state index contributed by atoms with van der Waals surface area (Å²) >= 11 is 5.94. The van der Waals surface area contributed by atoms with Crippen LogP contribution in [-0.4, -0.2) is 30.9 Å². The molecule has 0 radical (unpaired) electrons. The molecule has 0 saturated heterocycles. The molecule has 126 valence electrons. The Morgan fingerprint density at radius 3 is 2.54 bits per heavy atom. The smallest absolute Gasteiger partial charge is 0.325 e. The maximum absolute atomic E-state index is 11.6. The zero-order valence-electron chi connectivity index (χ0n) is 12.6. The maximum Gasteiger partial charge on any atom is 0.325 e. The Morgan fingerprint density at radius 2 is 1.83 bits per heavy atom. The fourth-order valence-electron chi connectivity index (χ4n) is 1.71. The highest BCUT2D eigenvalue weighted by molar-refractivity contribution is 6.31. The molecule has 0 aliphatic carbocycles. The lowest BCUT2D eigenvalue weighted by atomic mass is 10.2. The molecule has 0 unspecified atom stereocenters. The average molecular weight is 351 g/mol. The van der Waals surface area contributed by atoms with Gasteiger partial charge in [0.15, 0.2) is 5.76 Å². The van der Waals surface area contributed by atoms with Crippen LogP contribution in [0.15, 0.2) is 47.1 Å². The van der Waals surface area contributed by atoms with Crippen LogP contribution in [0.3, 0.4) is 0 Å². The average Bonchev–Trinajstić information content (AvgIpc) is 3.11. The molecule has 0 fully saturated rings. The van der Waals surface area contributed by atoms with E-state index in [0.717, 1.165) is 0 Å². The Balaban J connectivity index is 1.65. The van der Waals surface area contributed by atoms with E-state index in [1.165, 1.54) is 12.3 Å². The van der Waals surface area contributed by atoms with Crippen LogP contribution in [0.2, 0.25) is 5.02 Å². The number of nitrogens with one attached hydrogen (secondary N) is 2. The first-order valence-corrected chi connectivity index (χ1v) is 7.41. The van der Waals surface area contributed by atoms with Crippen LogP contribution in [0.25, 0.3) is 0 Å². The van der Waals surface area contributed by atoms with Crippen LogP contribution >= 0.6 is 11.6 Å². The quantitative estimate of drug-likeness (QED) is 0.738. The first-order valence-electron chi connectivity index (χ1n) is 7.03. The largest absolute Gasteiger partial charge is 0.459 e. The number of furan rings is 1. The van der Waals surface area contributed by atoms with Crippen molar-refractivity contribution in [3.8, 4) is 0 Å². The standard InChI is InChI=1S/C16H15ClN2O5/c17-12-5-2-1-4-11(12)10-24-15(21)9-18-14(20)8-19-16(22)13-6-3-7-23-13/h1-7H,8-10H2,(H,18,20)(H,19,22). The fraction of sp³-hybridized carbons (Fsp3) is 0.188. The van der Waals surface area contributed by atoms with Gasteiger partial charge in [0.1, 0.15) is 13.2 Å². The Labute approximate surface area is 142 Å². The molecule has 0 bridgehead atoms. The molecule has 24 heavy (non-hydrogen) atoms. The second-order valence-corrected chi connectivity index (χ2v) is 5.10. The van der Waals surface area contributed by atoms with E-state index in [2.05, 4.69) is 10.6 Å². The second-order valence-electron chi connectivity index (χ2n) is 4.69. The SMILES string of the molecule is O=C(CNC(=O)c1ccco1)NCC(=O)OCc1ccccc1Cl. The third-order valence-corrected chi connectivity index (χ3v) is 3.30. The molecule has 2 amide bonds. The molecule has 0 aliphatic rings. The molecule has 0 spiro atoms. The predicted octanol–water partition coefficient (Wildman–Crippen LogP) is 1.52. The number of amides is 2. The van der Waals surface area contributed by atoms with Crippen LogP contribution in [0.5, 0.6) is 0 Å².